The number of hydrogen-bond donors (Lipinski definition) is 2. The monoisotopic (exact) mass is 189 g/mol. The highest BCUT2D eigenvalue weighted by atomic mass is 16.5. The van der Waals surface area contributed by atoms with E-state index in [-0.39, 0.29) is 12.3 Å². The molecule has 0 aliphatic heterocycles. The Bertz CT molecular complexity index is 139. The van der Waals surface area contributed by atoms with Crippen LogP contribution in [0.15, 0.2) is 0 Å². The summed E-state index contributed by atoms with van der Waals surface area (Å²) in [5.41, 5.74) is 0. The van der Waals surface area contributed by atoms with Crippen molar-refractivity contribution in [1.82, 2.24) is 5.32 Å². The second kappa shape index (κ2) is 8.01. The van der Waals surface area contributed by atoms with Crippen LogP contribution in [-0.4, -0.2) is 37.9 Å². The summed E-state index contributed by atoms with van der Waals surface area (Å²) >= 11 is 0. The van der Waals surface area contributed by atoms with Gasteiger partial charge in [-0.05, 0) is 25.4 Å². The quantitative estimate of drug-likeness (QED) is 0.552. The number of methoxy groups -OCH3 is 1. The molecule has 78 valence electrons. The molecule has 0 fully saturated rings. The van der Waals surface area contributed by atoms with Gasteiger partial charge in [0, 0.05) is 20.1 Å². The molecule has 1 atom stereocenters. The van der Waals surface area contributed by atoms with Gasteiger partial charge in [-0.25, -0.2) is 0 Å². The smallest absolute Gasteiger partial charge is 0.303 e. The minimum absolute atomic E-state index is 0.194. The van der Waals surface area contributed by atoms with Gasteiger partial charge < -0.3 is 15.2 Å². The highest BCUT2D eigenvalue weighted by Gasteiger charge is 2.05. The molecule has 0 amide bonds. The average molecular weight is 189 g/mol. The highest BCUT2D eigenvalue weighted by Crippen LogP contribution is 1.98. The van der Waals surface area contributed by atoms with Crippen LogP contribution in [0.25, 0.3) is 0 Å². The highest BCUT2D eigenvalue weighted by molar-refractivity contribution is 5.66. The third kappa shape index (κ3) is 9.30. The first-order valence-corrected chi connectivity index (χ1v) is 4.58. The zero-order chi connectivity index (χ0) is 10.1. The van der Waals surface area contributed by atoms with Crippen LogP contribution in [0.3, 0.4) is 0 Å². The number of carboxylic acids is 1. The molecule has 0 aliphatic carbocycles. The molecule has 0 aromatic rings. The lowest BCUT2D eigenvalue weighted by Gasteiger charge is -2.09. The summed E-state index contributed by atoms with van der Waals surface area (Å²) in [6.45, 7) is 4.32. The Morgan fingerprint density at radius 1 is 1.62 bits per heavy atom. The number of nitrogens with one attached hydrogen (secondary N) is 1. The second-order valence-electron chi connectivity index (χ2n) is 3.25. The first kappa shape index (κ1) is 12.4. The molecular formula is C9H19NO3. The summed E-state index contributed by atoms with van der Waals surface area (Å²) in [6, 6.07) is 0. The van der Waals surface area contributed by atoms with E-state index in [4.69, 9.17) is 9.84 Å². The molecule has 4 heteroatoms. The molecule has 0 heterocycles. The van der Waals surface area contributed by atoms with Gasteiger partial charge in [0.15, 0.2) is 0 Å². The third-order valence-electron chi connectivity index (χ3n) is 1.72. The van der Waals surface area contributed by atoms with Crippen molar-refractivity contribution in [2.24, 2.45) is 5.92 Å². The molecular weight excluding hydrogens is 170 g/mol. The third-order valence-corrected chi connectivity index (χ3v) is 1.72. The van der Waals surface area contributed by atoms with Crippen molar-refractivity contribution in [2.75, 3.05) is 26.8 Å². The first-order chi connectivity index (χ1) is 6.16. The lowest BCUT2D eigenvalue weighted by Crippen LogP contribution is -2.24. The van der Waals surface area contributed by atoms with Gasteiger partial charge in [0.2, 0.25) is 0 Å². The first-order valence-electron chi connectivity index (χ1n) is 4.58. The van der Waals surface area contributed by atoms with Gasteiger partial charge in [-0.2, -0.15) is 0 Å². The van der Waals surface area contributed by atoms with Gasteiger partial charge >= 0.3 is 5.97 Å². The number of ether oxygens (including phenoxy) is 1. The van der Waals surface area contributed by atoms with Crippen LogP contribution in [0, 0.1) is 5.92 Å². The number of carboxylic acid groups (broad SMARTS) is 1. The van der Waals surface area contributed by atoms with E-state index in [0.29, 0.717) is 0 Å². The van der Waals surface area contributed by atoms with Gasteiger partial charge in [0.25, 0.3) is 0 Å². The standard InChI is InChI=1S/C9H19NO3/c1-8(6-9(11)12)7-10-4-3-5-13-2/h8,10H,3-7H2,1-2H3,(H,11,12). The fraction of sp³-hybridized carbons (Fsp3) is 0.889. The van der Waals surface area contributed by atoms with E-state index in [2.05, 4.69) is 5.32 Å². The molecule has 0 aromatic carbocycles. The van der Waals surface area contributed by atoms with E-state index in [0.717, 1.165) is 26.1 Å². The largest absolute Gasteiger partial charge is 0.481 e. The summed E-state index contributed by atoms with van der Waals surface area (Å²) in [5, 5.41) is 11.7. The van der Waals surface area contributed by atoms with Gasteiger partial charge in [-0.1, -0.05) is 6.92 Å². The van der Waals surface area contributed by atoms with E-state index in [1.165, 1.54) is 0 Å². The summed E-state index contributed by atoms with van der Waals surface area (Å²) in [7, 11) is 1.67. The molecule has 13 heavy (non-hydrogen) atoms. The van der Waals surface area contributed by atoms with Crippen LogP contribution in [0.1, 0.15) is 19.8 Å². The van der Waals surface area contributed by atoms with Crippen molar-refractivity contribution in [1.29, 1.82) is 0 Å². The molecule has 0 spiro atoms. The number of rotatable bonds is 8. The topological polar surface area (TPSA) is 58.6 Å². The van der Waals surface area contributed by atoms with Crippen molar-refractivity contribution in [3.05, 3.63) is 0 Å². The van der Waals surface area contributed by atoms with Crippen LogP contribution < -0.4 is 5.32 Å². The van der Waals surface area contributed by atoms with Crippen molar-refractivity contribution in [3.63, 3.8) is 0 Å². The summed E-state index contributed by atoms with van der Waals surface area (Å²) < 4.78 is 4.88. The van der Waals surface area contributed by atoms with Crippen molar-refractivity contribution >= 4 is 5.97 Å². The Kier molecular flexibility index (Phi) is 7.63. The predicted molar refractivity (Wildman–Crippen MR) is 50.8 cm³/mol. The van der Waals surface area contributed by atoms with Gasteiger partial charge in [0.1, 0.15) is 0 Å². The molecule has 0 bridgehead atoms. The second-order valence-corrected chi connectivity index (χ2v) is 3.25. The maximum atomic E-state index is 10.3. The van der Waals surface area contributed by atoms with Crippen LogP contribution in [0.5, 0.6) is 0 Å². The Hall–Kier alpha value is -0.610. The molecule has 0 saturated heterocycles. The lowest BCUT2D eigenvalue weighted by molar-refractivity contribution is -0.137. The minimum Gasteiger partial charge on any atom is -0.481 e. The molecule has 0 rings (SSSR count). The fourth-order valence-corrected chi connectivity index (χ4v) is 1.06. The van der Waals surface area contributed by atoms with Crippen LogP contribution in [0.4, 0.5) is 0 Å². The predicted octanol–water partition coefficient (Wildman–Crippen LogP) is 0.723. The van der Waals surface area contributed by atoms with Gasteiger partial charge in [-0.3, -0.25) is 4.79 Å². The number of hydrogen-bond acceptors (Lipinski definition) is 3. The molecule has 2 N–H and O–H groups in total. The Labute approximate surface area is 79.3 Å². The number of carbonyl (C=O) groups is 1. The molecule has 0 radical (unpaired) electrons. The average Bonchev–Trinajstić information content (AvgIpc) is 2.02. The van der Waals surface area contributed by atoms with Crippen molar-refractivity contribution in [3.8, 4) is 0 Å². The summed E-state index contributed by atoms with van der Waals surface area (Å²) in [5.74, 6) is -0.536. The fourth-order valence-electron chi connectivity index (χ4n) is 1.06. The zero-order valence-corrected chi connectivity index (χ0v) is 8.38. The summed E-state index contributed by atoms with van der Waals surface area (Å²) in [6.07, 6.45) is 1.20. The molecule has 4 nitrogen and oxygen atoms in total. The van der Waals surface area contributed by atoms with Crippen molar-refractivity contribution < 1.29 is 14.6 Å². The van der Waals surface area contributed by atoms with E-state index in [1.54, 1.807) is 7.11 Å². The molecule has 0 aromatic heterocycles. The van der Waals surface area contributed by atoms with E-state index >= 15 is 0 Å². The Balaban J connectivity index is 3.17. The molecule has 0 saturated carbocycles. The van der Waals surface area contributed by atoms with Crippen LogP contribution in [0.2, 0.25) is 0 Å². The maximum Gasteiger partial charge on any atom is 0.303 e. The van der Waals surface area contributed by atoms with Crippen molar-refractivity contribution in [2.45, 2.75) is 19.8 Å². The van der Waals surface area contributed by atoms with E-state index in [1.807, 2.05) is 6.92 Å². The minimum atomic E-state index is -0.730. The van der Waals surface area contributed by atoms with Crippen LogP contribution >= 0.6 is 0 Å². The molecule has 0 aliphatic rings. The maximum absolute atomic E-state index is 10.3. The number of aliphatic carboxylic acids is 1. The Morgan fingerprint density at radius 2 is 2.31 bits per heavy atom. The van der Waals surface area contributed by atoms with E-state index < -0.39 is 5.97 Å². The summed E-state index contributed by atoms with van der Waals surface area (Å²) in [4.78, 5) is 10.3. The van der Waals surface area contributed by atoms with E-state index in [9.17, 15) is 4.79 Å². The van der Waals surface area contributed by atoms with Gasteiger partial charge in [0.05, 0.1) is 0 Å². The van der Waals surface area contributed by atoms with Gasteiger partial charge in [-0.15, -0.1) is 0 Å². The zero-order valence-electron chi connectivity index (χ0n) is 8.38. The Morgan fingerprint density at radius 3 is 2.85 bits per heavy atom. The molecule has 1 unspecified atom stereocenters. The lowest BCUT2D eigenvalue weighted by atomic mass is 10.1. The SMILES string of the molecule is COCCCNCC(C)CC(=O)O. The normalized spacial score (nSPS) is 12.8. The van der Waals surface area contributed by atoms with Crippen LogP contribution in [-0.2, 0) is 9.53 Å².